The van der Waals surface area contributed by atoms with E-state index in [1.807, 2.05) is 19.1 Å². The summed E-state index contributed by atoms with van der Waals surface area (Å²) in [5, 5.41) is 6.93. The molecule has 1 unspecified atom stereocenters. The van der Waals surface area contributed by atoms with Gasteiger partial charge in [0.25, 0.3) is 0 Å². The second-order valence-corrected chi connectivity index (χ2v) is 6.84. The molecule has 1 fully saturated rings. The molecule has 1 N–H and O–H groups in total. The number of nitrogens with zero attached hydrogens (tertiary/aromatic N) is 4. The average molecular weight is 357 g/mol. The maximum absolute atomic E-state index is 12.3. The Hall–Kier alpha value is -2.28. The Labute approximate surface area is 154 Å². The summed E-state index contributed by atoms with van der Waals surface area (Å²) in [6.45, 7) is 4.87. The number of carbonyl (C=O) groups is 1. The fourth-order valence-electron chi connectivity index (χ4n) is 3.20. The van der Waals surface area contributed by atoms with E-state index in [4.69, 9.17) is 4.52 Å². The molecule has 1 atom stereocenters. The maximum Gasteiger partial charge on any atom is 0.249 e. The molecule has 2 aromatic heterocycles. The van der Waals surface area contributed by atoms with Crippen LogP contribution in [-0.4, -0.2) is 45.6 Å². The van der Waals surface area contributed by atoms with Crippen LogP contribution in [0.2, 0.25) is 0 Å². The van der Waals surface area contributed by atoms with Gasteiger partial charge >= 0.3 is 0 Å². The molecule has 7 heteroatoms. The first kappa shape index (κ1) is 18.5. The van der Waals surface area contributed by atoms with Gasteiger partial charge in [-0.3, -0.25) is 9.78 Å². The first-order valence-corrected chi connectivity index (χ1v) is 9.48. The Kier molecular flexibility index (Phi) is 6.71. The van der Waals surface area contributed by atoms with Crippen molar-refractivity contribution in [1.82, 2.24) is 25.3 Å². The molecule has 1 aliphatic rings. The Morgan fingerprint density at radius 2 is 1.88 bits per heavy atom. The largest absolute Gasteiger partial charge is 0.345 e. The van der Waals surface area contributed by atoms with Gasteiger partial charge < -0.3 is 14.7 Å². The summed E-state index contributed by atoms with van der Waals surface area (Å²) in [5.74, 6) is 0.934. The van der Waals surface area contributed by atoms with Gasteiger partial charge in [-0.2, -0.15) is 4.98 Å². The molecule has 3 rings (SSSR count). The second-order valence-electron chi connectivity index (χ2n) is 6.84. The minimum absolute atomic E-state index is 0.0169. The van der Waals surface area contributed by atoms with Crippen molar-refractivity contribution in [3.8, 4) is 11.4 Å². The summed E-state index contributed by atoms with van der Waals surface area (Å²) < 4.78 is 5.30. The van der Waals surface area contributed by atoms with E-state index >= 15 is 0 Å². The van der Waals surface area contributed by atoms with E-state index in [2.05, 4.69) is 25.3 Å². The Balaban J connectivity index is 1.47. The fraction of sp³-hybridized carbons (Fsp3) is 0.579. The number of aromatic nitrogens is 3. The normalized spacial score (nSPS) is 17.3. The lowest BCUT2D eigenvalue weighted by atomic mass is 10.1. The molecule has 2 aromatic rings. The number of hydrogen-bond donors (Lipinski definition) is 1. The molecule has 3 heterocycles. The van der Waals surface area contributed by atoms with Gasteiger partial charge in [0.1, 0.15) is 6.04 Å². The zero-order valence-electron chi connectivity index (χ0n) is 15.4. The quantitative estimate of drug-likeness (QED) is 0.856. The highest BCUT2D eigenvalue weighted by Crippen LogP contribution is 2.18. The first-order valence-electron chi connectivity index (χ1n) is 9.48. The van der Waals surface area contributed by atoms with E-state index in [1.165, 1.54) is 32.1 Å². The third-order valence-electron chi connectivity index (χ3n) is 4.73. The summed E-state index contributed by atoms with van der Waals surface area (Å²) in [6.07, 6.45) is 10.3. The molecule has 0 radical (unpaired) electrons. The lowest BCUT2D eigenvalue weighted by Crippen LogP contribution is -2.33. The smallest absolute Gasteiger partial charge is 0.249 e. The van der Waals surface area contributed by atoms with Crippen LogP contribution in [-0.2, 0) is 4.79 Å². The van der Waals surface area contributed by atoms with E-state index in [9.17, 15) is 4.79 Å². The molecule has 26 heavy (non-hydrogen) atoms. The van der Waals surface area contributed by atoms with Gasteiger partial charge in [-0.15, -0.1) is 0 Å². The number of hydrogen-bond acceptors (Lipinski definition) is 6. The van der Waals surface area contributed by atoms with Crippen molar-refractivity contribution in [1.29, 1.82) is 0 Å². The predicted octanol–water partition coefficient (Wildman–Crippen LogP) is 2.97. The standard InChI is InChI=1S/C19H27N5O2/c1-15(19-22-18(23-26-19)16-7-10-20-11-8-16)21-17(25)9-14-24-12-5-3-2-4-6-13-24/h7-8,10-11,15H,2-6,9,12-14H2,1H3,(H,21,25). The monoisotopic (exact) mass is 357 g/mol. The molecule has 0 aromatic carbocycles. The average Bonchev–Trinajstić information content (AvgIpc) is 3.12. The van der Waals surface area contributed by atoms with Crippen LogP contribution in [0.3, 0.4) is 0 Å². The summed E-state index contributed by atoms with van der Waals surface area (Å²) >= 11 is 0. The molecule has 1 aliphatic heterocycles. The highest BCUT2D eigenvalue weighted by Gasteiger charge is 2.18. The number of amides is 1. The molecule has 1 saturated heterocycles. The minimum Gasteiger partial charge on any atom is -0.345 e. The van der Waals surface area contributed by atoms with Crippen molar-refractivity contribution >= 4 is 5.91 Å². The number of pyridine rings is 1. The molecule has 0 bridgehead atoms. The molecule has 7 nitrogen and oxygen atoms in total. The van der Waals surface area contributed by atoms with Crippen LogP contribution >= 0.6 is 0 Å². The second kappa shape index (κ2) is 9.43. The highest BCUT2D eigenvalue weighted by molar-refractivity contribution is 5.76. The van der Waals surface area contributed by atoms with E-state index in [-0.39, 0.29) is 11.9 Å². The van der Waals surface area contributed by atoms with Gasteiger partial charge in [0.05, 0.1) is 0 Å². The zero-order chi connectivity index (χ0) is 18.2. The Morgan fingerprint density at radius 1 is 1.19 bits per heavy atom. The molecule has 1 amide bonds. The summed E-state index contributed by atoms with van der Waals surface area (Å²) in [7, 11) is 0. The number of rotatable bonds is 6. The van der Waals surface area contributed by atoms with E-state index in [0.717, 1.165) is 25.2 Å². The summed E-state index contributed by atoms with van der Waals surface area (Å²) in [5.41, 5.74) is 0.839. The van der Waals surface area contributed by atoms with Crippen molar-refractivity contribution in [2.45, 2.75) is 51.5 Å². The number of carbonyl (C=O) groups excluding carboxylic acids is 1. The van der Waals surface area contributed by atoms with Crippen LogP contribution in [0.5, 0.6) is 0 Å². The van der Waals surface area contributed by atoms with Crippen LogP contribution in [0.4, 0.5) is 0 Å². The van der Waals surface area contributed by atoms with Crippen molar-refractivity contribution in [2.75, 3.05) is 19.6 Å². The molecule has 0 spiro atoms. The van der Waals surface area contributed by atoms with E-state index in [0.29, 0.717) is 18.1 Å². The Morgan fingerprint density at radius 3 is 2.62 bits per heavy atom. The summed E-state index contributed by atoms with van der Waals surface area (Å²) in [4.78, 5) is 23.0. The van der Waals surface area contributed by atoms with Gasteiger partial charge in [-0.25, -0.2) is 0 Å². The predicted molar refractivity (Wildman–Crippen MR) is 98.2 cm³/mol. The SMILES string of the molecule is CC(NC(=O)CCN1CCCCCCC1)c1nc(-c2ccncc2)no1. The molecule has 0 saturated carbocycles. The highest BCUT2D eigenvalue weighted by atomic mass is 16.5. The Bertz CT molecular complexity index is 680. The summed E-state index contributed by atoms with van der Waals surface area (Å²) in [6, 6.07) is 3.33. The van der Waals surface area contributed by atoms with Crippen molar-refractivity contribution < 1.29 is 9.32 Å². The van der Waals surface area contributed by atoms with E-state index in [1.54, 1.807) is 12.4 Å². The van der Waals surface area contributed by atoms with Crippen LogP contribution in [0.25, 0.3) is 11.4 Å². The molecule has 140 valence electrons. The maximum atomic E-state index is 12.3. The van der Waals surface area contributed by atoms with Crippen molar-refractivity contribution in [3.63, 3.8) is 0 Å². The first-order chi connectivity index (χ1) is 12.7. The minimum atomic E-state index is -0.307. The number of likely N-dealkylation sites (tertiary alicyclic amines) is 1. The van der Waals surface area contributed by atoms with Gasteiger partial charge in [-0.05, 0) is 45.0 Å². The van der Waals surface area contributed by atoms with Gasteiger partial charge in [0.2, 0.25) is 17.6 Å². The van der Waals surface area contributed by atoms with Crippen molar-refractivity contribution in [2.24, 2.45) is 0 Å². The number of nitrogens with one attached hydrogen (secondary N) is 1. The van der Waals surface area contributed by atoms with Gasteiger partial charge in [-0.1, -0.05) is 24.4 Å². The molecular weight excluding hydrogens is 330 g/mol. The molecule has 0 aliphatic carbocycles. The lowest BCUT2D eigenvalue weighted by molar-refractivity contribution is -0.122. The third-order valence-corrected chi connectivity index (χ3v) is 4.73. The van der Waals surface area contributed by atoms with Crippen LogP contribution in [0.1, 0.15) is 57.4 Å². The van der Waals surface area contributed by atoms with Crippen LogP contribution in [0, 0.1) is 0 Å². The van der Waals surface area contributed by atoms with Gasteiger partial charge in [0.15, 0.2) is 0 Å². The zero-order valence-corrected chi connectivity index (χ0v) is 15.4. The fourth-order valence-corrected chi connectivity index (χ4v) is 3.20. The van der Waals surface area contributed by atoms with Crippen molar-refractivity contribution in [3.05, 3.63) is 30.4 Å². The van der Waals surface area contributed by atoms with Crippen LogP contribution in [0.15, 0.2) is 29.0 Å². The topological polar surface area (TPSA) is 84.2 Å². The lowest BCUT2D eigenvalue weighted by Gasteiger charge is -2.24. The van der Waals surface area contributed by atoms with Gasteiger partial charge in [0, 0.05) is 30.9 Å². The van der Waals surface area contributed by atoms with Crippen LogP contribution < -0.4 is 5.32 Å². The molecular formula is C19H27N5O2. The third kappa shape index (κ3) is 5.36. The van der Waals surface area contributed by atoms with E-state index < -0.39 is 0 Å².